The minimum atomic E-state index is 0.316. The Morgan fingerprint density at radius 3 is 2.46 bits per heavy atom. The summed E-state index contributed by atoms with van der Waals surface area (Å²) in [5.74, 6) is 0. The maximum absolute atomic E-state index is 3.78. The Balaban J connectivity index is 0.000000671. The van der Waals surface area contributed by atoms with Crippen molar-refractivity contribution in [1.29, 1.82) is 0 Å². The third-order valence-corrected chi connectivity index (χ3v) is 2.61. The first kappa shape index (κ1) is 12.7. The molecule has 1 atom stereocenters. The number of likely N-dealkylation sites (tertiary alicyclic amines) is 1. The lowest BCUT2D eigenvalue weighted by molar-refractivity contribution is 0.330. The molecule has 0 saturated carbocycles. The number of hydrogen-bond acceptors (Lipinski definition) is 2. The van der Waals surface area contributed by atoms with Crippen molar-refractivity contribution in [2.45, 2.75) is 32.2 Å². The van der Waals surface area contributed by atoms with E-state index in [1.165, 1.54) is 13.0 Å². The maximum atomic E-state index is 3.78. The van der Waals surface area contributed by atoms with Gasteiger partial charge in [0.05, 0.1) is 0 Å². The lowest BCUT2D eigenvalue weighted by Gasteiger charge is -2.26. The average Bonchev–Trinajstić information content (AvgIpc) is 2.53. The van der Waals surface area contributed by atoms with Gasteiger partial charge in [-0.1, -0.05) is 19.9 Å². The maximum Gasteiger partial charge on any atom is 0.0352 e. The topological polar surface area (TPSA) is 15.3 Å². The lowest BCUT2D eigenvalue weighted by atomic mass is 9.95. The van der Waals surface area contributed by atoms with Crippen molar-refractivity contribution in [3.05, 3.63) is 12.7 Å². The summed E-state index contributed by atoms with van der Waals surface area (Å²) in [6, 6.07) is 0. The first-order valence-corrected chi connectivity index (χ1v) is 5.21. The van der Waals surface area contributed by atoms with Crippen LogP contribution in [0.25, 0.3) is 0 Å². The highest BCUT2D eigenvalue weighted by atomic mass is 15.2. The van der Waals surface area contributed by atoms with Gasteiger partial charge in [0.15, 0.2) is 0 Å². The molecule has 13 heavy (non-hydrogen) atoms. The molecule has 0 aliphatic carbocycles. The van der Waals surface area contributed by atoms with E-state index in [1.54, 1.807) is 0 Å². The van der Waals surface area contributed by atoms with E-state index in [0.717, 1.165) is 13.0 Å². The minimum absolute atomic E-state index is 0.316. The summed E-state index contributed by atoms with van der Waals surface area (Å²) >= 11 is 0. The third-order valence-electron chi connectivity index (χ3n) is 2.61. The number of hydrogen-bond donors (Lipinski definition) is 1. The van der Waals surface area contributed by atoms with Crippen LogP contribution in [0, 0.1) is 0 Å². The molecule has 1 heterocycles. The van der Waals surface area contributed by atoms with Crippen molar-refractivity contribution in [2.24, 2.45) is 0 Å². The van der Waals surface area contributed by atoms with E-state index in [1.807, 2.05) is 27.0 Å². The quantitative estimate of drug-likeness (QED) is 0.674. The summed E-state index contributed by atoms with van der Waals surface area (Å²) in [4.78, 5) is 2.36. The first-order chi connectivity index (χ1) is 6.22. The molecule has 0 aromatic carbocycles. The summed E-state index contributed by atoms with van der Waals surface area (Å²) in [6.45, 7) is 10.1. The molecule has 2 nitrogen and oxygen atoms in total. The number of nitrogens with one attached hydrogen (secondary N) is 1. The Labute approximate surface area is 83.0 Å². The van der Waals surface area contributed by atoms with Gasteiger partial charge < -0.3 is 10.2 Å². The van der Waals surface area contributed by atoms with Crippen LogP contribution in [0.3, 0.4) is 0 Å². The van der Waals surface area contributed by atoms with Crippen molar-refractivity contribution >= 4 is 0 Å². The molecule has 1 N–H and O–H groups in total. The standard InChI is InChI=1S/C9H18N2.C2H6/c1-4-5-9(10-2)6-7-11(3)8-9;1-2/h4,10H,1,5-8H2,2-3H3;1-2H3. The number of nitrogens with zero attached hydrogens (tertiary/aromatic N) is 1. The summed E-state index contributed by atoms with van der Waals surface area (Å²) < 4.78 is 0. The zero-order valence-electron chi connectivity index (χ0n) is 9.56. The van der Waals surface area contributed by atoms with Gasteiger partial charge in [-0.25, -0.2) is 0 Å². The van der Waals surface area contributed by atoms with Crippen LogP contribution in [-0.4, -0.2) is 37.6 Å². The van der Waals surface area contributed by atoms with Crippen LogP contribution in [-0.2, 0) is 0 Å². The fourth-order valence-electron chi connectivity index (χ4n) is 1.83. The molecular formula is C11H24N2. The molecule has 0 bridgehead atoms. The molecule has 1 unspecified atom stereocenters. The zero-order valence-corrected chi connectivity index (χ0v) is 9.56. The fraction of sp³-hybridized carbons (Fsp3) is 0.818. The van der Waals surface area contributed by atoms with Crippen LogP contribution >= 0.6 is 0 Å². The number of likely N-dealkylation sites (N-methyl/N-ethyl adjacent to an activating group) is 2. The molecule has 1 saturated heterocycles. The van der Waals surface area contributed by atoms with E-state index >= 15 is 0 Å². The van der Waals surface area contributed by atoms with E-state index in [4.69, 9.17) is 0 Å². The van der Waals surface area contributed by atoms with Crippen LogP contribution in [0.1, 0.15) is 26.7 Å². The summed E-state index contributed by atoms with van der Waals surface area (Å²) in [7, 11) is 4.21. The van der Waals surface area contributed by atoms with Gasteiger partial charge >= 0.3 is 0 Å². The molecule has 1 aliphatic heterocycles. The van der Waals surface area contributed by atoms with E-state index in [2.05, 4.69) is 23.8 Å². The van der Waals surface area contributed by atoms with Crippen molar-refractivity contribution in [3.63, 3.8) is 0 Å². The van der Waals surface area contributed by atoms with Gasteiger partial charge in [-0.15, -0.1) is 6.58 Å². The Hall–Kier alpha value is -0.340. The predicted molar refractivity (Wildman–Crippen MR) is 60.1 cm³/mol. The van der Waals surface area contributed by atoms with Gasteiger partial charge in [0.25, 0.3) is 0 Å². The molecule has 0 aromatic heterocycles. The van der Waals surface area contributed by atoms with Gasteiger partial charge in [0.1, 0.15) is 0 Å². The Morgan fingerprint density at radius 1 is 1.54 bits per heavy atom. The second-order valence-corrected chi connectivity index (χ2v) is 3.51. The highest BCUT2D eigenvalue weighted by Gasteiger charge is 2.33. The van der Waals surface area contributed by atoms with Gasteiger partial charge in [0, 0.05) is 12.1 Å². The fourth-order valence-corrected chi connectivity index (χ4v) is 1.83. The predicted octanol–water partition coefficient (Wildman–Crippen LogP) is 1.88. The highest BCUT2D eigenvalue weighted by Crippen LogP contribution is 2.23. The van der Waals surface area contributed by atoms with Gasteiger partial charge in [-0.3, -0.25) is 0 Å². The molecule has 2 heteroatoms. The third kappa shape index (κ3) is 3.49. The summed E-state index contributed by atoms with van der Waals surface area (Å²) in [6.07, 6.45) is 4.33. The largest absolute Gasteiger partial charge is 0.313 e. The molecule has 0 aromatic rings. The van der Waals surface area contributed by atoms with E-state index < -0.39 is 0 Å². The Morgan fingerprint density at radius 2 is 2.15 bits per heavy atom. The minimum Gasteiger partial charge on any atom is -0.313 e. The summed E-state index contributed by atoms with van der Waals surface area (Å²) in [5.41, 5.74) is 0.316. The van der Waals surface area contributed by atoms with Crippen LogP contribution < -0.4 is 5.32 Å². The van der Waals surface area contributed by atoms with Gasteiger partial charge in [0.2, 0.25) is 0 Å². The Kier molecular flexibility index (Phi) is 6.00. The second kappa shape index (κ2) is 6.17. The van der Waals surface area contributed by atoms with Crippen LogP contribution in [0.15, 0.2) is 12.7 Å². The smallest absolute Gasteiger partial charge is 0.0352 e. The zero-order chi connectivity index (χ0) is 10.3. The molecule has 0 radical (unpaired) electrons. The molecule has 0 spiro atoms. The molecular weight excluding hydrogens is 160 g/mol. The van der Waals surface area contributed by atoms with Crippen LogP contribution in [0.4, 0.5) is 0 Å². The normalized spacial score (nSPS) is 28.0. The van der Waals surface area contributed by atoms with Crippen molar-refractivity contribution in [1.82, 2.24) is 10.2 Å². The first-order valence-electron chi connectivity index (χ1n) is 5.21. The highest BCUT2D eigenvalue weighted by molar-refractivity contribution is 4.99. The van der Waals surface area contributed by atoms with Crippen molar-refractivity contribution in [3.8, 4) is 0 Å². The number of rotatable bonds is 3. The molecule has 1 fully saturated rings. The molecule has 78 valence electrons. The van der Waals surface area contributed by atoms with Gasteiger partial charge in [-0.2, -0.15) is 0 Å². The van der Waals surface area contributed by atoms with Crippen LogP contribution in [0.2, 0.25) is 0 Å². The van der Waals surface area contributed by atoms with E-state index in [-0.39, 0.29) is 0 Å². The SMILES string of the molecule is C=CCC1(NC)CCN(C)C1.CC. The molecule has 1 aliphatic rings. The lowest BCUT2D eigenvalue weighted by Crippen LogP contribution is -2.44. The Bertz CT molecular complexity index is 145. The van der Waals surface area contributed by atoms with Crippen LogP contribution in [0.5, 0.6) is 0 Å². The molecule has 0 amide bonds. The average molecular weight is 184 g/mol. The van der Waals surface area contributed by atoms with E-state index in [0.29, 0.717) is 5.54 Å². The van der Waals surface area contributed by atoms with Gasteiger partial charge in [-0.05, 0) is 33.5 Å². The van der Waals surface area contributed by atoms with Crippen molar-refractivity contribution < 1.29 is 0 Å². The second-order valence-electron chi connectivity index (χ2n) is 3.51. The van der Waals surface area contributed by atoms with Crippen molar-refractivity contribution in [2.75, 3.05) is 27.2 Å². The molecule has 1 rings (SSSR count). The van der Waals surface area contributed by atoms with E-state index in [9.17, 15) is 0 Å². The monoisotopic (exact) mass is 184 g/mol. The summed E-state index contributed by atoms with van der Waals surface area (Å²) in [5, 5.41) is 3.40.